The van der Waals surface area contributed by atoms with Gasteiger partial charge >= 0.3 is 6.09 Å². The zero-order valence-corrected chi connectivity index (χ0v) is 16.8. The average molecular weight is 391 g/mol. The number of hydrogen-bond acceptors (Lipinski definition) is 4. The second kappa shape index (κ2) is 7.37. The molecule has 0 spiro atoms. The van der Waals surface area contributed by atoms with E-state index in [-0.39, 0.29) is 6.04 Å². The van der Waals surface area contributed by atoms with Crippen LogP contribution < -0.4 is 5.32 Å². The Labute approximate surface area is 170 Å². The number of benzene rings is 2. The highest BCUT2D eigenvalue weighted by molar-refractivity contribution is 5.84. The molecule has 1 aliphatic heterocycles. The normalized spacial score (nSPS) is 16.1. The first-order valence-electron chi connectivity index (χ1n) is 9.71. The first kappa shape index (κ1) is 19.2. The van der Waals surface area contributed by atoms with Crippen LogP contribution >= 0.6 is 0 Å². The van der Waals surface area contributed by atoms with Gasteiger partial charge in [-0.05, 0) is 44.0 Å². The van der Waals surface area contributed by atoms with Gasteiger partial charge in [0.15, 0.2) is 0 Å². The molecule has 3 aromatic rings. The number of ether oxygens (including phenoxy) is 1. The van der Waals surface area contributed by atoms with Gasteiger partial charge in [-0.25, -0.2) is 9.78 Å². The van der Waals surface area contributed by atoms with E-state index >= 15 is 0 Å². The summed E-state index contributed by atoms with van der Waals surface area (Å²) in [7, 11) is 0. The van der Waals surface area contributed by atoms with Crippen LogP contribution in [-0.4, -0.2) is 26.4 Å². The van der Waals surface area contributed by atoms with E-state index < -0.39 is 17.8 Å². The number of fused-ring (bicyclic) bond motifs is 3. The molecule has 1 aromatic heterocycles. The van der Waals surface area contributed by atoms with Crippen molar-refractivity contribution in [3.05, 3.63) is 72.2 Å². The lowest BCUT2D eigenvalue weighted by Crippen LogP contribution is -2.27. The third-order valence-electron chi connectivity index (χ3n) is 4.98. The summed E-state index contributed by atoms with van der Waals surface area (Å²) in [6.07, 6.45) is 3.08. The second-order valence-electron chi connectivity index (χ2n) is 8.29. The Balaban J connectivity index is 1.46. The van der Waals surface area contributed by atoms with Crippen molar-refractivity contribution in [3.63, 3.8) is 0 Å². The van der Waals surface area contributed by atoms with Gasteiger partial charge in [-0.1, -0.05) is 36.4 Å². The Morgan fingerprint density at radius 3 is 2.66 bits per heavy atom. The van der Waals surface area contributed by atoms with Gasteiger partial charge in [0.1, 0.15) is 5.60 Å². The molecule has 1 amide bonds. The molecule has 2 N–H and O–H groups in total. The number of carbonyl (C=O) groups is 1. The number of nitrogens with one attached hydrogen (secondary N) is 1. The molecule has 2 aromatic carbocycles. The number of aliphatic hydroxyl groups excluding tert-OH is 1. The summed E-state index contributed by atoms with van der Waals surface area (Å²) in [5.41, 5.74) is 4.31. The van der Waals surface area contributed by atoms with E-state index in [1.54, 1.807) is 12.1 Å². The Morgan fingerprint density at radius 2 is 1.93 bits per heavy atom. The maximum Gasteiger partial charge on any atom is 0.412 e. The topological polar surface area (TPSA) is 76.4 Å². The van der Waals surface area contributed by atoms with Crippen LogP contribution in [0.4, 0.5) is 10.5 Å². The molecule has 6 heteroatoms. The lowest BCUT2D eigenvalue weighted by atomic mass is 9.95. The highest BCUT2D eigenvalue weighted by Gasteiger charge is 2.30. The van der Waals surface area contributed by atoms with Crippen LogP contribution in [0.2, 0.25) is 0 Å². The fourth-order valence-corrected chi connectivity index (χ4v) is 3.73. The molecule has 1 aliphatic rings. The Morgan fingerprint density at radius 1 is 1.21 bits per heavy atom. The fraction of sp³-hybridized carbons (Fsp3) is 0.304. The number of carbonyl (C=O) groups excluding carboxylic acids is 1. The van der Waals surface area contributed by atoms with Crippen molar-refractivity contribution in [1.82, 2.24) is 9.55 Å². The number of aliphatic hydroxyl groups is 1. The van der Waals surface area contributed by atoms with Crippen molar-refractivity contribution in [3.8, 4) is 11.3 Å². The van der Waals surface area contributed by atoms with Crippen LogP contribution in [0.3, 0.4) is 0 Å². The van der Waals surface area contributed by atoms with Crippen LogP contribution in [-0.2, 0) is 4.74 Å². The average Bonchev–Trinajstić information content (AvgIpc) is 3.23. The smallest absolute Gasteiger partial charge is 0.412 e. The standard InChI is InChI=1S/C23H25N3O3/c1-23(2,3)29-22(28)25-16-10-8-15(9-11-16)21(27)12-19-17-6-4-5-7-18(17)20-13-24-14-26(19)20/h4-11,13-14,19,21,27H,12H2,1-3H3,(H,25,28). The first-order chi connectivity index (χ1) is 13.8. The van der Waals surface area contributed by atoms with Crippen LogP contribution in [0.15, 0.2) is 61.1 Å². The van der Waals surface area contributed by atoms with Crippen molar-refractivity contribution in [2.75, 3.05) is 5.32 Å². The molecule has 2 unspecified atom stereocenters. The molecule has 0 saturated carbocycles. The molecule has 2 atom stereocenters. The minimum Gasteiger partial charge on any atom is -0.444 e. The zero-order valence-electron chi connectivity index (χ0n) is 16.8. The fourth-order valence-electron chi connectivity index (χ4n) is 3.73. The molecule has 6 nitrogen and oxygen atoms in total. The summed E-state index contributed by atoms with van der Waals surface area (Å²) < 4.78 is 7.38. The van der Waals surface area contributed by atoms with E-state index in [0.717, 1.165) is 11.3 Å². The number of imidazole rings is 1. The molecule has 29 heavy (non-hydrogen) atoms. The summed E-state index contributed by atoms with van der Waals surface area (Å²) >= 11 is 0. The number of rotatable bonds is 4. The summed E-state index contributed by atoms with van der Waals surface area (Å²) in [6, 6.07) is 15.5. The number of anilines is 1. The zero-order chi connectivity index (χ0) is 20.6. The molecule has 2 heterocycles. The van der Waals surface area contributed by atoms with E-state index in [2.05, 4.69) is 27.0 Å². The quantitative estimate of drug-likeness (QED) is 0.662. The number of nitrogens with zero attached hydrogens (tertiary/aromatic N) is 2. The van der Waals surface area contributed by atoms with E-state index in [9.17, 15) is 9.90 Å². The van der Waals surface area contributed by atoms with E-state index in [0.29, 0.717) is 12.1 Å². The molecule has 0 fully saturated rings. The minimum atomic E-state index is -0.642. The van der Waals surface area contributed by atoms with Gasteiger partial charge in [-0.15, -0.1) is 0 Å². The van der Waals surface area contributed by atoms with Gasteiger partial charge in [0.25, 0.3) is 0 Å². The second-order valence-corrected chi connectivity index (χ2v) is 8.29. The number of hydrogen-bond donors (Lipinski definition) is 2. The molecule has 0 radical (unpaired) electrons. The maximum absolute atomic E-state index is 11.9. The highest BCUT2D eigenvalue weighted by atomic mass is 16.6. The van der Waals surface area contributed by atoms with Gasteiger partial charge < -0.3 is 14.4 Å². The molecule has 4 rings (SSSR count). The molecule has 0 saturated heterocycles. The Hall–Kier alpha value is -3.12. The van der Waals surface area contributed by atoms with E-state index in [1.807, 2.05) is 57.6 Å². The summed E-state index contributed by atoms with van der Waals surface area (Å²) in [5, 5.41) is 13.6. The molecular formula is C23H25N3O3. The van der Waals surface area contributed by atoms with E-state index in [1.165, 1.54) is 11.1 Å². The van der Waals surface area contributed by atoms with Crippen molar-refractivity contribution in [2.24, 2.45) is 0 Å². The predicted octanol–water partition coefficient (Wildman–Crippen LogP) is 4.92. The molecule has 0 bridgehead atoms. The lowest BCUT2D eigenvalue weighted by molar-refractivity contribution is 0.0636. The summed E-state index contributed by atoms with van der Waals surface area (Å²) in [6.45, 7) is 5.46. The van der Waals surface area contributed by atoms with Crippen LogP contribution in [0, 0.1) is 0 Å². The molecule has 0 aliphatic carbocycles. The maximum atomic E-state index is 11.9. The number of aromatic nitrogens is 2. The highest BCUT2D eigenvalue weighted by Crippen LogP contribution is 2.42. The largest absolute Gasteiger partial charge is 0.444 e. The van der Waals surface area contributed by atoms with Crippen molar-refractivity contribution < 1.29 is 14.6 Å². The molecule has 150 valence electrons. The number of amides is 1. The Bertz CT molecular complexity index is 1020. The lowest BCUT2D eigenvalue weighted by Gasteiger charge is -2.20. The first-order valence-corrected chi connectivity index (χ1v) is 9.71. The minimum absolute atomic E-state index is 0.0401. The van der Waals surface area contributed by atoms with Crippen molar-refractivity contribution in [2.45, 2.75) is 44.9 Å². The monoisotopic (exact) mass is 391 g/mol. The molecular weight excluding hydrogens is 366 g/mol. The van der Waals surface area contributed by atoms with Crippen molar-refractivity contribution in [1.29, 1.82) is 0 Å². The van der Waals surface area contributed by atoms with Crippen LogP contribution in [0.5, 0.6) is 0 Å². The van der Waals surface area contributed by atoms with Crippen LogP contribution in [0.25, 0.3) is 11.3 Å². The van der Waals surface area contributed by atoms with E-state index in [4.69, 9.17) is 4.74 Å². The summed E-state index contributed by atoms with van der Waals surface area (Å²) in [4.78, 5) is 16.2. The van der Waals surface area contributed by atoms with Gasteiger partial charge in [-0.2, -0.15) is 0 Å². The van der Waals surface area contributed by atoms with Gasteiger partial charge in [0, 0.05) is 17.7 Å². The van der Waals surface area contributed by atoms with Gasteiger partial charge in [-0.3, -0.25) is 5.32 Å². The van der Waals surface area contributed by atoms with Crippen molar-refractivity contribution >= 4 is 11.8 Å². The third-order valence-corrected chi connectivity index (χ3v) is 4.98. The summed E-state index contributed by atoms with van der Waals surface area (Å²) in [5.74, 6) is 0. The van der Waals surface area contributed by atoms with Gasteiger partial charge in [0.05, 0.1) is 30.4 Å². The third kappa shape index (κ3) is 4.03. The predicted molar refractivity (Wildman–Crippen MR) is 112 cm³/mol. The Kier molecular flexibility index (Phi) is 4.88. The van der Waals surface area contributed by atoms with Gasteiger partial charge in [0.2, 0.25) is 0 Å². The van der Waals surface area contributed by atoms with Crippen LogP contribution in [0.1, 0.15) is 50.5 Å². The SMILES string of the molecule is CC(C)(C)OC(=O)Nc1ccc(C(O)CC2c3ccccc3-c3cncn32)cc1.